The van der Waals surface area contributed by atoms with Crippen LogP contribution in [0, 0.1) is 5.92 Å². The molecule has 30 heavy (non-hydrogen) atoms. The lowest BCUT2D eigenvalue weighted by Gasteiger charge is -2.12. The minimum Gasteiger partial charge on any atom is -0.486 e. The van der Waals surface area contributed by atoms with Crippen molar-refractivity contribution in [2.24, 2.45) is 5.92 Å². The zero-order valence-electron chi connectivity index (χ0n) is 16.9. The number of benzene rings is 1. The predicted molar refractivity (Wildman–Crippen MR) is 108 cm³/mol. The third-order valence-electron chi connectivity index (χ3n) is 4.91. The zero-order chi connectivity index (χ0) is 21.7. The van der Waals surface area contributed by atoms with E-state index >= 15 is 0 Å². The van der Waals surface area contributed by atoms with Crippen LogP contribution in [0.5, 0.6) is 5.75 Å². The number of hydrogen-bond donors (Lipinski definition) is 1. The summed E-state index contributed by atoms with van der Waals surface area (Å²) in [5.41, 5.74) is 0. The third kappa shape index (κ3) is 5.63. The van der Waals surface area contributed by atoms with E-state index in [-0.39, 0.29) is 41.1 Å². The summed E-state index contributed by atoms with van der Waals surface area (Å²) in [5, 5.41) is 2.89. The Kier molecular flexibility index (Phi) is 6.81. The van der Waals surface area contributed by atoms with Gasteiger partial charge < -0.3 is 19.2 Å². The molecule has 1 heterocycles. The summed E-state index contributed by atoms with van der Waals surface area (Å²) in [6.45, 7) is 2.22. The summed E-state index contributed by atoms with van der Waals surface area (Å²) in [5.74, 6) is 0.388. The van der Waals surface area contributed by atoms with Crippen LogP contribution in [-0.2, 0) is 26.0 Å². The van der Waals surface area contributed by atoms with Crippen LogP contribution in [0.15, 0.2) is 45.7 Å². The number of nitrogens with one attached hydrogen (secondary N) is 1. The molecule has 1 aliphatic rings. The molecule has 2 aromatic rings. The fourth-order valence-corrected chi connectivity index (χ4v) is 3.99. The zero-order valence-corrected chi connectivity index (χ0v) is 17.7. The van der Waals surface area contributed by atoms with Crippen LogP contribution >= 0.6 is 0 Å². The Labute approximate surface area is 175 Å². The maximum Gasteiger partial charge on any atom is 0.308 e. The summed E-state index contributed by atoms with van der Waals surface area (Å²) in [6.07, 6.45) is 3.11. The van der Waals surface area contributed by atoms with E-state index in [1.165, 1.54) is 12.1 Å². The lowest BCUT2D eigenvalue weighted by atomic mass is 10.1. The molecule has 1 aromatic heterocycles. The average molecular weight is 435 g/mol. The number of amides is 1. The molecule has 1 N–H and O–H groups in total. The first-order valence-electron chi connectivity index (χ1n) is 9.75. The summed E-state index contributed by atoms with van der Waals surface area (Å²) >= 11 is 0. The van der Waals surface area contributed by atoms with Gasteiger partial charge in [-0.3, -0.25) is 9.59 Å². The van der Waals surface area contributed by atoms with Gasteiger partial charge in [0.05, 0.1) is 17.4 Å². The largest absolute Gasteiger partial charge is 0.486 e. The van der Waals surface area contributed by atoms with Crippen molar-refractivity contribution in [1.29, 1.82) is 0 Å². The van der Waals surface area contributed by atoms with Gasteiger partial charge in [-0.2, -0.15) is 0 Å². The van der Waals surface area contributed by atoms with Crippen molar-refractivity contribution in [2.45, 2.75) is 43.7 Å². The normalized spacial score (nSPS) is 18.7. The van der Waals surface area contributed by atoms with Crippen molar-refractivity contribution < 1.29 is 31.9 Å². The number of esters is 1. The number of ether oxygens (including phenoxy) is 2. The lowest BCUT2D eigenvalue weighted by molar-refractivity contribution is -0.147. The van der Waals surface area contributed by atoms with Crippen molar-refractivity contribution in [3.8, 4) is 5.75 Å². The van der Waals surface area contributed by atoms with Crippen LogP contribution in [0.25, 0.3) is 0 Å². The maximum absolute atomic E-state index is 12.4. The van der Waals surface area contributed by atoms with Gasteiger partial charge in [-0.05, 0) is 62.6 Å². The Balaban J connectivity index is 1.50. The molecule has 1 fully saturated rings. The van der Waals surface area contributed by atoms with E-state index in [2.05, 4.69) is 5.32 Å². The second kappa shape index (κ2) is 9.34. The van der Waals surface area contributed by atoms with Crippen LogP contribution in [0.2, 0.25) is 0 Å². The van der Waals surface area contributed by atoms with Crippen LogP contribution in [0.1, 0.15) is 42.5 Å². The number of hydrogen-bond acceptors (Lipinski definition) is 7. The molecule has 2 atom stereocenters. The SMILES string of the molecule is CCOC(=O)[C@H]1CC[C@H](NC(=O)c2ccc(COc3ccc(S(C)(=O)=O)cc3)o2)C1. The maximum atomic E-state index is 12.4. The van der Waals surface area contributed by atoms with Crippen LogP contribution in [0.4, 0.5) is 0 Å². The molecule has 0 saturated heterocycles. The summed E-state index contributed by atoms with van der Waals surface area (Å²) in [6, 6.07) is 9.19. The van der Waals surface area contributed by atoms with Crippen molar-refractivity contribution in [2.75, 3.05) is 12.9 Å². The van der Waals surface area contributed by atoms with Crippen LogP contribution in [0.3, 0.4) is 0 Å². The van der Waals surface area contributed by atoms with E-state index in [4.69, 9.17) is 13.9 Å². The standard InChI is InChI=1S/C21H25NO7S/c1-3-27-21(24)14-4-5-15(12-14)22-20(23)19-11-8-17(29-19)13-28-16-6-9-18(10-7-16)30(2,25)26/h6-11,14-15H,3-5,12-13H2,1-2H3,(H,22,23)/t14-,15-/m0/s1. The molecule has 1 aromatic carbocycles. The first-order chi connectivity index (χ1) is 14.3. The highest BCUT2D eigenvalue weighted by atomic mass is 32.2. The Hall–Kier alpha value is -2.81. The Morgan fingerprint density at radius 2 is 1.87 bits per heavy atom. The fraction of sp³-hybridized carbons (Fsp3) is 0.429. The van der Waals surface area contributed by atoms with Crippen molar-refractivity contribution in [1.82, 2.24) is 5.32 Å². The average Bonchev–Trinajstić information content (AvgIpc) is 3.36. The third-order valence-corrected chi connectivity index (χ3v) is 6.03. The Bertz CT molecular complexity index is 995. The van der Waals surface area contributed by atoms with E-state index in [1.807, 2.05) is 0 Å². The first kappa shape index (κ1) is 21.9. The van der Waals surface area contributed by atoms with Gasteiger partial charge in [0.15, 0.2) is 15.6 Å². The smallest absolute Gasteiger partial charge is 0.308 e. The number of carbonyl (C=O) groups is 2. The van der Waals surface area contributed by atoms with Crippen molar-refractivity contribution >= 4 is 21.7 Å². The highest BCUT2D eigenvalue weighted by molar-refractivity contribution is 7.90. The summed E-state index contributed by atoms with van der Waals surface area (Å²) in [4.78, 5) is 24.4. The molecule has 0 unspecified atom stereocenters. The highest BCUT2D eigenvalue weighted by Crippen LogP contribution is 2.27. The van der Waals surface area contributed by atoms with Gasteiger partial charge in [0, 0.05) is 12.3 Å². The fourth-order valence-electron chi connectivity index (χ4n) is 3.36. The van der Waals surface area contributed by atoms with E-state index in [9.17, 15) is 18.0 Å². The summed E-state index contributed by atoms with van der Waals surface area (Å²) in [7, 11) is -3.26. The second-order valence-corrected chi connectivity index (χ2v) is 9.25. The quantitative estimate of drug-likeness (QED) is 0.635. The molecule has 162 valence electrons. The summed E-state index contributed by atoms with van der Waals surface area (Å²) < 4.78 is 39.1. The molecule has 3 rings (SSSR count). The van der Waals surface area contributed by atoms with Crippen LogP contribution < -0.4 is 10.1 Å². The number of rotatable bonds is 8. The Morgan fingerprint density at radius 3 is 2.53 bits per heavy atom. The first-order valence-corrected chi connectivity index (χ1v) is 11.6. The van der Waals surface area contributed by atoms with Crippen LogP contribution in [-0.4, -0.2) is 39.2 Å². The van der Waals surface area contributed by atoms with Gasteiger partial charge in [-0.1, -0.05) is 0 Å². The minimum atomic E-state index is -3.26. The van der Waals surface area contributed by atoms with Gasteiger partial charge >= 0.3 is 5.97 Å². The molecule has 0 bridgehead atoms. The molecular formula is C21H25NO7S. The van der Waals surface area contributed by atoms with Gasteiger partial charge in [-0.25, -0.2) is 8.42 Å². The van der Waals surface area contributed by atoms with Crippen molar-refractivity contribution in [3.63, 3.8) is 0 Å². The monoisotopic (exact) mass is 435 g/mol. The second-order valence-electron chi connectivity index (χ2n) is 7.23. The van der Waals surface area contributed by atoms with E-state index in [0.29, 0.717) is 31.0 Å². The van der Waals surface area contributed by atoms with Gasteiger partial charge in [-0.15, -0.1) is 0 Å². The van der Waals surface area contributed by atoms with Gasteiger partial charge in [0.2, 0.25) is 0 Å². The van der Waals surface area contributed by atoms with Gasteiger partial charge in [0.1, 0.15) is 18.1 Å². The molecule has 0 aliphatic heterocycles. The van der Waals surface area contributed by atoms with Crippen molar-refractivity contribution in [3.05, 3.63) is 47.9 Å². The molecule has 0 radical (unpaired) electrons. The minimum absolute atomic E-state index is 0.0925. The van der Waals surface area contributed by atoms with Gasteiger partial charge in [0.25, 0.3) is 5.91 Å². The molecular weight excluding hydrogens is 410 g/mol. The number of carbonyl (C=O) groups excluding carboxylic acids is 2. The molecule has 1 aliphatic carbocycles. The number of furan rings is 1. The Morgan fingerprint density at radius 1 is 1.13 bits per heavy atom. The number of sulfone groups is 1. The molecule has 0 spiro atoms. The molecule has 8 nitrogen and oxygen atoms in total. The topological polar surface area (TPSA) is 112 Å². The molecule has 1 saturated carbocycles. The highest BCUT2D eigenvalue weighted by Gasteiger charge is 2.32. The van der Waals surface area contributed by atoms with E-state index in [1.54, 1.807) is 31.2 Å². The predicted octanol–water partition coefficient (Wildman–Crippen LogP) is 2.72. The molecule has 9 heteroatoms. The lowest BCUT2D eigenvalue weighted by Crippen LogP contribution is -2.33. The van der Waals surface area contributed by atoms with E-state index in [0.717, 1.165) is 12.7 Å². The molecule has 1 amide bonds. The van der Waals surface area contributed by atoms with E-state index < -0.39 is 9.84 Å².